The molecule has 0 bridgehead atoms. The summed E-state index contributed by atoms with van der Waals surface area (Å²) in [6.07, 6.45) is 0.0279. The Morgan fingerprint density at radius 2 is 1.83 bits per heavy atom. The van der Waals surface area contributed by atoms with Crippen molar-refractivity contribution in [3.05, 3.63) is 70.5 Å². The Bertz CT molecular complexity index is 921. The summed E-state index contributed by atoms with van der Waals surface area (Å²) in [6, 6.07) is 13.3. The first kappa shape index (κ1) is 20.8. The summed E-state index contributed by atoms with van der Waals surface area (Å²) in [5, 5.41) is 3.05. The fourth-order valence-corrected chi connectivity index (χ4v) is 3.25. The quantitative estimate of drug-likeness (QED) is 0.701. The molecule has 0 aromatic heterocycles. The fourth-order valence-electron chi connectivity index (χ4n) is 3.06. The molecule has 1 aliphatic heterocycles. The third kappa shape index (κ3) is 5.54. The van der Waals surface area contributed by atoms with Gasteiger partial charge >= 0.3 is 5.97 Å². The van der Waals surface area contributed by atoms with E-state index in [1.54, 1.807) is 35.2 Å². The molecule has 0 saturated carbocycles. The standard InChI is InChI=1S/C21H20ClFN2O4/c22-17-7-3-1-6-15(17)11-25-12-16(9-20(25)27)21(28)29-13-19(26)24-10-14-5-2-4-8-18(14)23/h1-8,16H,9-13H2,(H,24,26)/t16-/m0/s1. The predicted molar refractivity (Wildman–Crippen MR) is 104 cm³/mol. The Balaban J connectivity index is 1.45. The second kappa shape index (κ2) is 9.52. The molecule has 0 spiro atoms. The average molecular weight is 419 g/mol. The number of esters is 1. The molecule has 0 aliphatic carbocycles. The number of nitrogens with one attached hydrogen (secondary N) is 1. The fraction of sp³-hybridized carbons (Fsp3) is 0.286. The lowest BCUT2D eigenvalue weighted by atomic mass is 10.1. The number of benzene rings is 2. The number of nitrogens with zero attached hydrogens (tertiary/aromatic N) is 1. The van der Waals surface area contributed by atoms with Crippen molar-refractivity contribution in [2.24, 2.45) is 5.92 Å². The summed E-state index contributed by atoms with van der Waals surface area (Å²) < 4.78 is 18.6. The zero-order valence-electron chi connectivity index (χ0n) is 15.6. The molecule has 8 heteroatoms. The van der Waals surface area contributed by atoms with Gasteiger partial charge in [0, 0.05) is 36.6 Å². The van der Waals surface area contributed by atoms with Crippen LogP contribution in [0.3, 0.4) is 0 Å². The Hall–Kier alpha value is -2.93. The first-order valence-corrected chi connectivity index (χ1v) is 9.49. The van der Waals surface area contributed by atoms with Gasteiger partial charge in [-0.25, -0.2) is 4.39 Å². The van der Waals surface area contributed by atoms with E-state index in [9.17, 15) is 18.8 Å². The average Bonchev–Trinajstić information content (AvgIpc) is 3.08. The molecule has 2 aromatic carbocycles. The van der Waals surface area contributed by atoms with Gasteiger partial charge in [-0.1, -0.05) is 48.0 Å². The molecule has 2 aromatic rings. The third-order valence-corrected chi connectivity index (χ3v) is 5.01. The highest BCUT2D eigenvalue weighted by atomic mass is 35.5. The topological polar surface area (TPSA) is 75.7 Å². The zero-order chi connectivity index (χ0) is 20.8. The predicted octanol–water partition coefficient (Wildman–Crippen LogP) is 2.69. The van der Waals surface area contributed by atoms with E-state index in [0.717, 1.165) is 5.56 Å². The minimum absolute atomic E-state index is 0.00339. The Morgan fingerprint density at radius 3 is 2.55 bits per heavy atom. The van der Waals surface area contributed by atoms with Crippen LogP contribution in [0.2, 0.25) is 5.02 Å². The summed E-state index contributed by atoms with van der Waals surface area (Å²) in [6.45, 7) is 0.0320. The van der Waals surface area contributed by atoms with Crippen molar-refractivity contribution in [3.63, 3.8) is 0 Å². The van der Waals surface area contributed by atoms with Gasteiger partial charge in [-0.05, 0) is 17.7 Å². The van der Waals surface area contributed by atoms with Crippen LogP contribution in [0.15, 0.2) is 48.5 Å². The van der Waals surface area contributed by atoms with Crippen LogP contribution in [0.1, 0.15) is 17.5 Å². The third-order valence-electron chi connectivity index (χ3n) is 4.65. The van der Waals surface area contributed by atoms with Crippen LogP contribution < -0.4 is 5.32 Å². The Labute approximate surface area is 172 Å². The summed E-state index contributed by atoms with van der Waals surface area (Å²) >= 11 is 6.12. The van der Waals surface area contributed by atoms with Crippen molar-refractivity contribution in [3.8, 4) is 0 Å². The Kier molecular flexibility index (Phi) is 6.82. The minimum atomic E-state index is -0.635. The summed E-state index contributed by atoms with van der Waals surface area (Å²) in [7, 11) is 0. The number of likely N-dealkylation sites (tertiary alicyclic amines) is 1. The van der Waals surface area contributed by atoms with Gasteiger partial charge in [0.05, 0.1) is 5.92 Å². The number of carbonyl (C=O) groups excluding carboxylic acids is 3. The first-order chi connectivity index (χ1) is 13.9. The Morgan fingerprint density at radius 1 is 1.14 bits per heavy atom. The number of amides is 2. The van der Waals surface area contributed by atoms with Crippen molar-refractivity contribution < 1.29 is 23.5 Å². The van der Waals surface area contributed by atoms with Gasteiger partial charge < -0.3 is 15.0 Å². The van der Waals surface area contributed by atoms with Crippen molar-refractivity contribution in [1.29, 1.82) is 0 Å². The van der Waals surface area contributed by atoms with E-state index in [4.69, 9.17) is 16.3 Å². The zero-order valence-corrected chi connectivity index (χ0v) is 16.3. The van der Waals surface area contributed by atoms with Crippen LogP contribution in [-0.4, -0.2) is 35.8 Å². The summed E-state index contributed by atoms with van der Waals surface area (Å²) in [5.41, 5.74) is 1.13. The second-order valence-electron chi connectivity index (χ2n) is 6.74. The number of ether oxygens (including phenoxy) is 1. The second-order valence-corrected chi connectivity index (χ2v) is 7.15. The van der Waals surface area contributed by atoms with Crippen molar-refractivity contribution in [2.45, 2.75) is 19.5 Å². The number of hydrogen-bond acceptors (Lipinski definition) is 4. The lowest BCUT2D eigenvalue weighted by Crippen LogP contribution is -2.31. The van der Waals surface area contributed by atoms with Gasteiger partial charge in [0.2, 0.25) is 5.91 Å². The van der Waals surface area contributed by atoms with Gasteiger partial charge in [-0.15, -0.1) is 0 Å². The molecule has 1 N–H and O–H groups in total. The molecule has 6 nitrogen and oxygen atoms in total. The number of hydrogen-bond donors (Lipinski definition) is 1. The van der Waals surface area contributed by atoms with Gasteiger partial charge in [0.25, 0.3) is 5.91 Å². The van der Waals surface area contributed by atoms with Crippen LogP contribution in [0.4, 0.5) is 4.39 Å². The molecular formula is C21H20ClFN2O4. The van der Waals surface area contributed by atoms with E-state index in [-0.39, 0.29) is 25.4 Å². The molecule has 1 fully saturated rings. The molecule has 29 heavy (non-hydrogen) atoms. The van der Waals surface area contributed by atoms with Crippen molar-refractivity contribution in [1.82, 2.24) is 10.2 Å². The first-order valence-electron chi connectivity index (χ1n) is 9.12. The molecule has 152 valence electrons. The van der Waals surface area contributed by atoms with Gasteiger partial charge in [0.15, 0.2) is 6.61 Å². The van der Waals surface area contributed by atoms with E-state index in [1.165, 1.54) is 6.07 Å². The summed E-state index contributed by atoms with van der Waals surface area (Å²) in [4.78, 5) is 37.8. The maximum Gasteiger partial charge on any atom is 0.311 e. The smallest absolute Gasteiger partial charge is 0.311 e. The maximum absolute atomic E-state index is 13.5. The van der Waals surface area contributed by atoms with Crippen molar-refractivity contribution in [2.75, 3.05) is 13.2 Å². The van der Waals surface area contributed by atoms with Gasteiger partial charge in [-0.2, -0.15) is 0 Å². The van der Waals surface area contributed by atoms with Crippen molar-refractivity contribution >= 4 is 29.4 Å². The van der Waals surface area contributed by atoms with Crippen LogP contribution >= 0.6 is 11.6 Å². The largest absolute Gasteiger partial charge is 0.455 e. The highest BCUT2D eigenvalue weighted by Crippen LogP contribution is 2.24. The number of halogens is 2. The molecule has 0 radical (unpaired) electrons. The summed E-state index contributed by atoms with van der Waals surface area (Å²) in [5.74, 6) is -2.38. The highest BCUT2D eigenvalue weighted by molar-refractivity contribution is 6.31. The van der Waals surface area contributed by atoms with Gasteiger partial charge in [0.1, 0.15) is 5.82 Å². The van der Waals surface area contributed by atoms with E-state index in [2.05, 4.69) is 5.32 Å². The van der Waals surface area contributed by atoms with E-state index in [0.29, 0.717) is 17.1 Å². The van der Waals surface area contributed by atoms with Crippen LogP contribution in [-0.2, 0) is 32.2 Å². The monoisotopic (exact) mass is 418 g/mol. The molecule has 1 heterocycles. The molecule has 1 aliphatic rings. The normalized spacial score (nSPS) is 16.0. The lowest BCUT2D eigenvalue weighted by molar-refractivity contribution is -0.152. The molecule has 1 saturated heterocycles. The van der Waals surface area contributed by atoms with E-state index in [1.807, 2.05) is 12.1 Å². The number of rotatable bonds is 7. The molecule has 3 rings (SSSR count). The van der Waals surface area contributed by atoms with Crippen LogP contribution in [0, 0.1) is 11.7 Å². The van der Waals surface area contributed by atoms with E-state index >= 15 is 0 Å². The molecular weight excluding hydrogens is 399 g/mol. The van der Waals surface area contributed by atoms with Crippen LogP contribution in [0.5, 0.6) is 0 Å². The molecule has 0 unspecified atom stereocenters. The molecule has 1 atom stereocenters. The SMILES string of the molecule is O=C(COC(=O)[C@H]1CC(=O)N(Cc2ccccc2Cl)C1)NCc1ccccc1F. The highest BCUT2D eigenvalue weighted by Gasteiger charge is 2.35. The molecule has 2 amide bonds. The lowest BCUT2D eigenvalue weighted by Gasteiger charge is -2.17. The minimum Gasteiger partial charge on any atom is -0.455 e. The number of carbonyl (C=O) groups is 3. The van der Waals surface area contributed by atoms with E-state index < -0.39 is 30.2 Å². The van der Waals surface area contributed by atoms with Gasteiger partial charge in [-0.3, -0.25) is 14.4 Å². The van der Waals surface area contributed by atoms with Crippen LogP contribution in [0.25, 0.3) is 0 Å². The maximum atomic E-state index is 13.5.